The van der Waals surface area contributed by atoms with E-state index < -0.39 is 0 Å². The number of aromatic nitrogens is 2. The lowest BCUT2D eigenvalue weighted by molar-refractivity contribution is 0.203. The van der Waals surface area contributed by atoms with E-state index in [-0.39, 0.29) is 0 Å². The maximum atomic E-state index is 4.37. The highest BCUT2D eigenvalue weighted by Gasteiger charge is 2.36. The Kier molecular flexibility index (Phi) is 3.51. The van der Waals surface area contributed by atoms with E-state index >= 15 is 0 Å². The molecule has 2 aromatic rings. The molecule has 2 bridgehead atoms. The standard InChI is InChI=1S/C19H21N3/c1-14-7-10-19(21-20-14)16-11-17-8-9-18(12-16)22(17)13-15-5-3-2-4-6-15/h2-7,10-11,17-18H,8-9,12-13H2,1H3. The Morgan fingerprint density at radius 3 is 2.64 bits per heavy atom. The number of benzene rings is 1. The van der Waals surface area contributed by atoms with Crippen LogP contribution >= 0.6 is 0 Å². The second kappa shape index (κ2) is 5.65. The second-order valence-electron chi connectivity index (χ2n) is 6.41. The van der Waals surface area contributed by atoms with Crippen LogP contribution in [0.15, 0.2) is 48.5 Å². The van der Waals surface area contributed by atoms with Crippen molar-refractivity contribution in [3.63, 3.8) is 0 Å². The molecule has 3 nitrogen and oxygen atoms in total. The molecule has 1 aromatic carbocycles. The monoisotopic (exact) mass is 291 g/mol. The molecule has 0 N–H and O–H groups in total. The Morgan fingerprint density at radius 1 is 1.05 bits per heavy atom. The molecule has 0 radical (unpaired) electrons. The maximum Gasteiger partial charge on any atom is 0.0887 e. The Hall–Kier alpha value is -2.00. The van der Waals surface area contributed by atoms with Crippen LogP contribution in [0, 0.1) is 6.92 Å². The van der Waals surface area contributed by atoms with Crippen LogP contribution in [-0.4, -0.2) is 27.2 Å². The summed E-state index contributed by atoms with van der Waals surface area (Å²) in [5.41, 5.74) is 4.83. The number of hydrogen-bond acceptors (Lipinski definition) is 3. The summed E-state index contributed by atoms with van der Waals surface area (Å²) in [5.74, 6) is 0. The Balaban J connectivity index is 1.56. The van der Waals surface area contributed by atoms with Gasteiger partial charge in [-0.3, -0.25) is 4.90 Å². The molecule has 112 valence electrons. The van der Waals surface area contributed by atoms with Crippen LogP contribution in [0.3, 0.4) is 0 Å². The lowest BCUT2D eigenvalue weighted by Crippen LogP contribution is -2.37. The Bertz CT molecular complexity index is 676. The first-order chi connectivity index (χ1) is 10.8. The third kappa shape index (κ3) is 2.57. The molecule has 0 spiro atoms. The SMILES string of the molecule is Cc1ccc(C2=CC3CCC(C2)N3Cc2ccccc2)nn1. The lowest BCUT2D eigenvalue weighted by Gasteiger charge is -2.33. The van der Waals surface area contributed by atoms with Crippen molar-refractivity contribution < 1.29 is 0 Å². The molecular weight excluding hydrogens is 270 g/mol. The normalized spacial score (nSPS) is 24.3. The first-order valence-electron chi connectivity index (χ1n) is 8.11. The van der Waals surface area contributed by atoms with E-state index in [9.17, 15) is 0 Å². The average molecular weight is 291 g/mol. The van der Waals surface area contributed by atoms with Crippen molar-refractivity contribution in [2.75, 3.05) is 0 Å². The van der Waals surface area contributed by atoms with Gasteiger partial charge in [0.1, 0.15) is 0 Å². The summed E-state index contributed by atoms with van der Waals surface area (Å²) < 4.78 is 0. The smallest absolute Gasteiger partial charge is 0.0887 e. The van der Waals surface area contributed by atoms with Gasteiger partial charge in [-0.05, 0) is 49.5 Å². The van der Waals surface area contributed by atoms with Crippen LogP contribution in [0.1, 0.15) is 36.2 Å². The van der Waals surface area contributed by atoms with E-state index in [0.29, 0.717) is 12.1 Å². The molecule has 2 aliphatic heterocycles. The van der Waals surface area contributed by atoms with Gasteiger partial charge in [0, 0.05) is 18.6 Å². The average Bonchev–Trinajstić information content (AvgIpc) is 2.79. The highest BCUT2D eigenvalue weighted by Crippen LogP contribution is 2.38. The zero-order valence-corrected chi connectivity index (χ0v) is 12.9. The van der Waals surface area contributed by atoms with E-state index in [1.807, 2.05) is 6.92 Å². The molecule has 2 unspecified atom stereocenters. The van der Waals surface area contributed by atoms with E-state index in [1.165, 1.54) is 24.0 Å². The molecule has 3 heteroatoms. The van der Waals surface area contributed by atoms with E-state index in [4.69, 9.17) is 0 Å². The van der Waals surface area contributed by atoms with Gasteiger partial charge in [0.2, 0.25) is 0 Å². The van der Waals surface area contributed by atoms with Crippen molar-refractivity contribution in [3.05, 3.63) is 65.5 Å². The van der Waals surface area contributed by atoms with Crippen LogP contribution in [0.2, 0.25) is 0 Å². The van der Waals surface area contributed by atoms with Crippen molar-refractivity contribution in [2.45, 2.75) is 44.8 Å². The highest BCUT2D eigenvalue weighted by molar-refractivity contribution is 5.65. The zero-order chi connectivity index (χ0) is 14.9. The molecular formula is C19H21N3. The van der Waals surface area contributed by atoms with E-state index in [1.54, 1.807) is 0 Å². The summed E-state index contributed by atoms with van der Waals surface area (Å²) in [6, 6.07) is 16.2. The minimum absolute atomic E-state index is 0.553. The van der Waals surface area contributed by atoms with Crippen LogP contribution in [-0.2, 0) is 6.54 Å². The number of rotatable bonds is 3. The van der Waals surface area contributed by atoms with Crippen molar-refractivity contribution in [1.29, 1.82) is 0 Å². The van der Waals surface area contributed by atoms with Gasteiger partial charge in [0.25, 0.3) is 0 Å². The molecule has 0 amide bonds. The topological polar surface area (TPSA) is 29.0 Å². The molecule has 22 heavy (non-hydrogen) atoms. The largest absolute Gasteiger partial charge is 0.289 e. The van der Waals surface area contributed by atoms with Crippen LogP contribution < -0.4 is 0 Å². The molecule has 4 rings (SSSR count). The van der Waals surface area contributed by atoms with E-state index in [2.05, 4.69) is 63.6 Å². The quantitative estimate of drug-likeness (QED) is 0.865. The molecule has 3 heterocycles. The fraction of sp³-hybridized carbons (Fsp3) is 0.368. The van der Waals surface area contributed by atoms with Crippen molar-refractivity contribution in [1.82, 2.24) is 15.1 Å². The Labute approximate surface area is 131 Å². The third-order valence-electron chi connectivity index (χ3n) is 4.87. The van der Waals surface area contributed by atoms with Gasteiger partial charge in [0.05, 0.1) is 11.4 Å². The van der Waals surface area contributed by atoms with Crippen LogP contribution in [0.25, 0.3) is 5.57 Å². The number of nitrogens with zero attached hydrogens (tertiary/aromatic N) is 3. The van der Waals surface area contributed by atoms with Gasteiger partial charge in [-0.15, -0.1) is 0 Å². The fourth-order valence-electron chi connectivity index (χ4n) is 3.72. The summed E-state index contributed by atoms with van der Waals surface area (Å²) in [5, 5.41) is 8.58. The van der Waals surface area contributed by atoms with Crippen LogP contribution in [0.4, 0.5) is 0 Å². The van der Waals surface area contributed by atoms with Crippen molar-refractivity contribution >= 4 is 5.57 Å². The predicted molar refractivity (Wildman–Crippen MR) is 88.2 cm³/mol. The summed E-state index contributed by atoms with van der Waals surface area (Å²) in [6.07, 6.45) is 6.07. The third-order valence-corrected chi connectivity index (χ3v) is 4.87. The summed E-state index contributed by atoms with van der Waals surface area (Å²) >= 11 is 0. The molecule has 1 saturated heterocycles. The first kappa shape index (κ1) is 13.6. The van der Waals surface area contributed by atoms with Gasteiger partial charge in [0.15, 0.2) is 0 Å². The maximum absolute atomic E-state index is 4.37. The molecule has 2 atom stereocenters. The molecule has 2 aliphatic rings. The molecule has 1 fully saturated rings. The van der Waals surface area contributed by atoms with Crippen molar-refractivity contribution in [2.24, 2.45) is 0 Å². The Morgan fingerprint density at radius 2 is 1.91 bits per heavy atom. The summed E-state index contributed by atoms with van der Waals surface area (Å²) in [6.45, 7) is 3.04. The van der Waals surface area contributed by atoms with Gasteiger partial charge in [-0.2, -0.15) is 10.2 Å². The van der Waals surface area contributed by atoms with Crippen molar-refractivity contribution in [3.8, 4) is 0 Å². The molecule has 1 aromatic heterocycles. The summed E-state index contributed by atoms with van der Waals surface area (Å²) in [7, 11) is 0. The highest BCUT2D eigenvalue weighted by atomic mass is 15.2. The van der Waals surface area contributed by atoms with Crippen LogP contribution in [0.5, 0.6) is 0 Å². The van der Waals surface area contributed by atoms with Gasteiger partial charge >= 0.3 is 0 Å². The van der Waals surface area contributed by atoms with E-state index in [0.717, 1.165) is 24.4 Å². The van der Waals surface area contributed by atoms with Gasteiger partial charge in [-0.25, -0.2) is 0 Å². The zero-order valence-electron chi connectivity index (χ0n) is 12.9. The minimum Gasteiger partial charge on any atom is -0.289 e. The minimum atomic E-state index is 0.553. The molecule has 0 saturated carbocycles. The van der Waals surface area contributed by atoms with Gasteiger partial charge in [-0.1, -0.05) is 36.4 Å². The lowest BCUT2D eigenvalue weighted by atomic mass is 9.97. The number of aryl methyl sites for hydroxylation is 1. The molecule has 0 aliphatic carbocycles. The number of hydrogen-bond donors (Lipinski definition) is 0. The second-order valence-corrected chi connectivity index (χ2v) is 6.41. The fourth-order valence-corrected chi connectivity index (χ4v) is 3.72. The first-order valence-corrected chi connectivity index (χ1v) is 8.11. The summed E-state index contributed by atoms with van der Waals surface area (Å²) in [4.78, 5) is 2.65. The predicted octanol–water partition coefficient (Wildman–Crippen LogP) is 3.61. The number of fused-ring (bicyclic) bond motifs is 2. The van der Waals surface area contributed by atoms with Gasteiger partial charge < -0.3 is 0 Å².